The number of hydrogen-bond donors (Lipinski definition) is 0. The number of amides is 1. The van der Waals surface area contributed by atoms with Crippen molar-refractivity contribution in [2.24, 2.45) is 5.92 Å². The van der Waals surface area contributed by atoms with E-state index >= 15 is 0 Å². The maximum Gasteiger partial charge on any atom is 0.243 e. The lowest BCUT2D eigenvalue weighted by molar-refractivity contribution is -0.136. The van der Waals surface area contributed by atoms with Gasteiger partial charge in [0.2, 0.25) is 15.9 Å². The van der Waals surface area contributed by atoms with Crippen molar-refractivity contribution in [1.29, 1.82) is 0 Å². The lowest BCUT2D eigenvalue weighted by atomic mass is 9.96. The van der Waals surface area contributed by atoms with Gasteiger partial charge in [-0.25, -0.2) is 16.8 Å². The highest BCUT2D eigenvalue weighted by Crippen LogP contribution is 2.31. The summed E-state index contributed by atoms with van der Waals surface area (Å²) in [6.45, 7) is 8.61. The van der Waals surface area contributed by atoms with Crippen LogP contribution in [0.1, 0.15) is 35.1 Å². The summed E-state index contributed by atoms with van der Waals surface area (Å²) in [7, 11) is -6.66. The Kier molecular flexibility index (Phi) is 6.13. The Morgan fingerprint density at radius 2 is 1.41 bits per heavy atom. The molecule has 0 aliphatic carbocycles. The van der Waals surface area contributed by atoms with Gasteiger partial charge in [0, 0.05) is 32.1 Å². The van der Waals surface area contributed by atoms with Crippen LogP contribution in [0.3, 0.4) is 0 Å². The van der Waals surface area contributed by atoms with Crippen molar-refractivity contribution in [2.75, 3.05) is 37.7 Å². The highest BCUT2D eigenvalue weighted by Gasteiger charge is 2.36. The SMILES string of the molecule is Cc1cc(C)c(C)c(S(=O)(=O)N2CCC(C(=O)N3CCS(=O)(=O)CC3)CC2)c1C. The average molecular weight is 443 g/mol. The van der Waals surface area contributed by atoms with Crippen molar-refractivity contribution < 1.29 is 21.6 Å². The highest BCUT2D eigenvalue weighted by atomic mass is 32.2. The number of carbonyl (C=O) groups excluding carboxylic acids is 1. The Morgan fingerprint density at radius 3 is 1.90 bits per heavy atom. The maximum absolute atomic E-state index is 13.3. The first-order valence-corrected chi connectivity index (χ1v) is 13.3. The lowest BCUT2D eigenvalue weighted by Crippen LogP contribution is -2.49. The van der Waals surface area contributed by atoms with E-state index in [4.69, 9.17) is 0 Å². The monoisotopic (exact) mass is 442 g/mol. The van der Waals surface area contributed by atoms with Gasteiger partial charge in [-0.15, -0.1) is 0 Å². The Balaban J connectivity index is 1.72. The van der Waals surface area contributed by atoms with Gasteiger partial charge >= 0.3 is 0 Å². The number of sulfone groups is 1. The minimum Gasteiger partial charge on any atom is -0.340 e. The third kappa shape index (κ3) is 4.36. The van der Waals surface area contributed by atoms with Gasteiger partial charge in [-0.05, 0) is 62.8 Å². The number of benzene rings is 1. The normalized spacial score (nSPS) is 21.3. The first-order valence-electron chi connectivity index (χ1n) is 10.0. The van der Waals surface area contributed by atoms with Crippen molar-refractivity contribution in [3.63, 3.8) is 0 Å². The molecule has 162 valence electrons. The molecule has 29 heavy (non-hydrogen) atoms. The largest absolute Gasteiger partial charge is 0.340 e. The summed E-state index contributed by atoms with van der Waals surface area (Å²) in [5.41, 5.74) is 3.47. The van der Waals surface area contributed by atoms with E-state index in [1.807, 2.05) is 33.8 Å². The molecule has 9 heteroatoms. The van der Waals surface area contributed by atoms with Gasteiger partial charge in [-0.3, -0.25) is 4.79 Å². The number of rotatable bonds is 3. The summed E-state index contributed by atoms with van der Waals surface area (Å²) in [5.74, 6) is -0.270. The molecule has 2 saturated heterocycles. The molecule has 0 spiro atoms. The van der Waals surface area contributed by atoms with E-state index in [0.29, 0.717) is 30.8 Å². The van der Waals surface area contributed by atoms with Gasteiger partial charge in [0.15, 0.2) is 9.84 Å². The van der Waals surface area contributed by atoms with E-state index in [1.54, 1.807) is 4.90 Å². The van der Waals surface area contributed by atoms with E-state index in [0.717, 1.165) is 22.3 Å². The number of aryl methyl sites for hydroxylation is 2. The van der Waals surface area contributed by atoms with Crippen LogP contribution in [0, 0.1) is 33.6 Å². The van der Waals surface area contributed by atoms with E-state index in [-0.39, 0.29) is 36.4 Å². The molecule has 7 nitrogen and oxygen atoms in total. The molecule has 1 aromatic carbocycles. The zero-order chi connectivity index (χ0) is 21.6. The van der Waals surface area contributed by atoms with Gasteiger partial charge in [-0.1, -0.05) is 6.07 Å². The van der Waals surface area contributed by atoms with Crippen LogP contribution in [0.4, 0.5) is 0 Å². The topological polar surface area (TPSA) is 91.8 Å². The molecule has 0 unspecified atom stereocenters. The van der Waals surface area contributed by atoms with Crippen LogP contribution in [0.5, 0.6) is 0 Å². The standard InChI is InChI=1S/C20H30N2O5S2/c1-14-13-15(2)17(4)19(16(14)3)29(26,27)22-7-5-18(6-8-22)20(23)21-9-11-28(24,25)12-10-21/h13,18H,5-12H2,1-4H3. The molecule has 2 aliphatic rings. The third-order valence-corrected chi connectivity index (χ3v) is 10.1. The highest BCUT2D eigenvalue weighted by molar-refractivity contribution is 7.91. The number of hydrogen-bond acceptors (Lipinski definition) is 5. The van der Waals surface area contributed by atoms with Gasteiger partial charge in [0.1, 0.15) is 0 Å². The van der Waals surface area contributed by atoms with E-state index in [1.165, 1.54) is 4.31 Å². The van der Waals surface area contributed by atoms with Crippen molar-refractivity contribution in [3.8, 4) is 0 Å². The molecule has 0 radical (unpaired) electrons. The fraction of sp³-hybridized carbons (Fsp3) is 0.650. The molecule has 0 atom stereocenters. The summed E-state index contributed by atoms with van der Waals surface area (Å²) >= 11 is 0. The van der Waals surface area contributed by atoms with Gasteiger partial charge in [0.25, 0.3) is 0 Å². The first-order chi connectivity index (χ1) is 13.4. The predicted molar refractivity (Wildman–Crippen MR) is 112 cm³/mol. The molecular formula is C20H30N2O5S2. The van der Waals surface area contributed by atoms with E-state index in [9.17, 15) is 21.6 Å². The lowest BCUT2D eigenvalue weighted by Gasteiger charge is -2.35. The summed E-state index contributed by atoms with van der Waals surface area (Å²) in [6.07, 6.45) is 0.925. The average Bonchev–Trinajstić information content (AvgIpc) is 2.66. The molecule has 1 aromatic rings. The minimum atomic E-state index is -3.63. The van der Waals surface area contributed by atoms with Gasteiger partial charge < -0.3 is 4.90 Å². The Hall–Kier alpha value is -1.45. The van der Waals surface area contributed by atoms with Crippen molar-refractivity contribution in [1.82, 2.24) is 9.21 Å². The summed E-state index contributed by atoms with van der Waals surface area (Å²) in [4.78, 5) is 14.8. The summed E-state index contributed by atoms with van der Waals surface area (Å²) in [5, 5.41) is 0. The second-order valence-electron chi connectivity index (χ2n) is 8.24. The number of sulfonamides is 1. The molecule has 0 N–H and O–H groups in total. The molecule has 0 bridgehead atoms. The first kappa shape index (κ1) is 22.2. The van der Waals surface area contributed by atoms with Crippen LogP contribution in [0.15, 0.2) is 11.0 Å². The molecule has 2 fully saturated rings. The molecule has 2 aliphatic heterocycles. The molecule has 2 heterocycles. The fourth-order valence-corrected chi connectivity index (χ4v) is 7.48. The van der Waals surface area contributed by atoms with Crippen LogP contribution in [0.2, 0.25) is 0 Å². The fourth-order valence-electron chi connectivity index (χ4n) is 4.23. The Labute approximate surface area is 174 Å². The summed E-state index contributed by atoms with van der Waals surface area (Å²) < 4.78 is 51.3. The third-order valence-electron chi connectivity index (χ3n) is 6.35. The van der Waals surface area contributed by atoms with Crippen molar-refractivity contribution in [2.45, 2.75) is 45.4 Å². The van der Waals surface area contributed by atoms with Crippen LogP contribution >= 0.6 is 0 Å². The van der Waals surface area contributed by atoms with Crippen LogP contribution in [-0.4, -0.2) is 69.6 Å². The molecule has 3 rings (SSSR count). The van der Waals surface area contributed by atoms with E-state index in [2.05, 4.69) is 0 Å². The number of carbonyl (C=O) groups is 1. The van der Waals surface area contributed by atoms with Crippen molar-refractivity contribution >= 4 is 25.8 Å². The van der Waals surface area contributed by atoms with Crippen molar-refractivity contribution in [3.05, 3.63) is 28.3 Å². The van der Waals surface area contributed by atoms with Gasteiger partial charge in [0.05, 0.1) is 16.4 Å². The zero-order valence-electron chi connectivity index (χ0n) is 17.6. The molecular weight excluding hydrogens is 412 g/mol. The molecule has 0 saturated carbocycles. The zero-order valence-corrected chi connectivity index (χ0v) is 19.2. The smallest absolute Gasteiger partial charge is 0.243 e. The Bertz CT molecular complexity index is 983. The molecule has 0 aromatic heterocycles. The van der Waals surface area contributed by atoms with Crippen LogP contribution in [-0.2, 0) is 24.7 Å². The second kappa shape index (κ2) is 8.00. The van der Waals surface area contributed by atoms with Crippen LogP contribution < -0.4 is 0 Å². The minimum absolute atomic E-state index is 0.0111. The van der Waals surface area contributed by atoms with E-state index < -0.39 is 19.9 Å². The quantitative estimate of drug-likeness (QED) is 0.709. The molecule has 1 amide bonds. The van der Waals surface area contributed by atoms with Gasteiger partial charge in [-0.2, -0.15) is 4.31 Å². The number of piperidine rings is 1. The predicted octanol–water partition coefficient (Wildman–Crippen LogP) is 1.58. The second-order valence-corrected chi connectivity index (χ2v) is 12.4. The number of nitrogens with zero attached hydrogens (tertiary/aromatic N) is 2. The summed E-state index contributed by atoms with van der Waals surface area (Å²) in [6, 6.07) is 2.01. The Morgan fingerprint density at radius 1 is 0.931 bits per heavy atom. The van der Waals surface area contributed by atoms with Crippen LogP contribution in [0.25, 0.3) is 0 Å². The maximum atomic E-state index is 13.3.